The minimum atomic E-state index is -1.14. The van der Waals surface area contributed by atoms with Crippen molar-refractivity contribution in [1.29, 1.82) is 0 Å². The van der Waals surface area contributed by atoms with Crippen LogP contribution in [-0.2, 0) is 56.8 Å². The van der Waals surface area contributed by atoms with Gasteiger partial charge in [-0.25, -0.2) is 4.39 Å². The third kappa shape index (κ3) is 70.9. The lowest BCUT2D eigenvalue weighted by Crippen LogP contribution is -2.50. The molecule has 4 saturated carbocycles. The fraction of sp³-hybridized carbons (Fsp3) is 0.950. The van der Waals surface area contributed by atoms with Crippen molar-refractivity contribution in [2.24, 2.45) is 51.8 Å². The Morgan fingerprint density at radius 3 is 1.27 bits per heavy atom. The number of likely N-dealkylation sites (N-methyl/N-ethyl adjacent to an activating group) is 1. The minimum absolute atomic E-state index is 0.0122. The molecule has 8 saturated heterocycles. The van der Waals surface area contributed by atoms with Gasteiger partial charge in [-0.1, -0.05) is 32.6 Å². The van der Waals surface area contributed by atoms with Crippen LogP contribution < -0.4 is 31.9 Å². The molecule has 12 aliphatic rings. The van der Waals surface area contributed by atoms with Crippen LogP contribution in [0.2, 0.25) is 0 Å². The Kier molecular flexibility index (Phi) is 61.2. The molecule has 0 aromatic heterocycles. The number of nitrogens with one attached hydrogen (secondary N) is 6. The normalized spacial score (nSPS) is 25.5. The molecule has 23 heteroatoms. The van der Waals surface area contributed by atoms with Gasteiger partial charge in [-0.05, 0) is 457 Å². The lowest BCUT2D eigenvalue weighted by Gasteiger charge is -2.46. The summed E-state index contributed by atoms with van der Waals surface area (Å²) in [7, 11) is 6.34. The zero-order valence-electron chi connectivity index (χ0n) is 99.8. The molecule has 0 radical (unpaired) electrons. The predicted molar refractivity (Wildman–Crippen MR) is 598 cm³/mol. The fourth-order valence-corrected chi connectivity index (χ4v) is 18.2. The first kappa shape index (κ1) is 134. The van der Waals surface area contributed by atoms with Crippen LogP contribution in [0.25, 0.3) is 0 Å². The van der Waals surface area contributed by atoms with Gasteiger partial charge in [0.05, 0.1) is 126 Å². The van der Waals surface area contributed by atoms with Gasteiger partial charge in [-0.3, -0.25) is 4.90 Å². The van der Waals surface area contributed by atoms with E-state index in [1.54, 1.807) is 0 Å². The number of alkyl halides is 1. The maximum absolute atomic E-state index is 14.6. The van der Waals surface area contributed by atoms with Gasteiger partial charge in [0.15, 0.2) is 0 Å². The first-order chi connectivity index (χ1) is 65.5. The van der Waals surface area contributed by atoms with E-state index in [2.05, 4.69) is 279 Å². The van der Waals surface area contributed by atoms with Crippen molar-refractivity contribution >= 4 is 0 Å². The van der Waals surface area contributed by atoms with Gasteiger partial charge >= 0.3 is 0 Å². The van der Waals surface area contributed by atoms with Gasteiger partial charge in [-0.15, -0.1) is 12.3 Å². The van der Waals surface area contributed by atoms with E-state index in [-0.39, 0.29) is 79.9 Å². The molecule has 142 heavy (non-hydrogen) atoms. The molecule has 8 aliphatic heterocycles. The fourth-order valence-electron chi connectivity index (χ4n) is 18.2. The molecule has 5 unspecified atom stereocenters. The quantitative estimate of drug-likeness (QED) is 0.0394. The maximum Gasteiger partial charge on any atom is 0.136 e. The Morgan fingerprint density at radius 2 is 0.866 bits per heavy atom. The summed E-state index contributed by atoms with van der Waals surface area (Å²) in [5.41, 5.74) is 3.72. The number of morpholine rings is 2. The van der Waals surface area contributed by atoms with Crippen LogP contribution in [0.4, 0.5) is 4.39 Å². The van der Waals surface area contributed by atoms with E-state index in [0.717, 1.165) is 193 Å². The van der Waals surface area contributed by atoms with Crippen molar-refractivity contribution in [3.05, 3.63) is 24.4 Å². The topological polar surface area (TPSA) is 196 Å². The van der Waals surface area contributed by atoms with Gasteiger partial charge in [0.1, 0.15) is 11.8 Å². The number of allylic oxidation sites excluding steroid dienone is 1. The smallest absolute Gasteiger partial charge is 0.136 e. The van der Waals surface area contributed by atoms with Crippen LogP contribution in [-0.4, -0.2) is 324 Å². The average molecular weight is 2020 g/mol. The van der Waals surface area contributed by atoms with Crippen LogP contribution in [0.3, 0.4) is 0 Å². The lowest BCUT2D eigenvalue weighted by atomic mass is 9.69. The van der Waals surface area contributed by atoms with Crippen LogP contribution in [0.5, 0.6) is 0 Å². The Morgan fingerprint density at radius 1 is 0.444 bits per heavy atom. The lowest BCUT2D eigenvalue weighted by molar-refractivity contribution is -0.136. The Balaban J connectivity index is 0.000000407. The third-order valence-electron chi connectivity index (χ3n) is 28.2. The largest absolute Gasteiger partial charge is 0.381 e. The van der Waals surface area contributed by atoms with Crippen molar-refractivity contribution in [2.45, 2.75) is 462 Å². The zero-order valence-corrected chi connectivity index (χ0v) is 99.8. The predicted octanol–water partition coefficient (Wildman–Crippen LogP) is 22.4. The molecule has 0 aromatic rings. The molecule has 8 heterocycles. The van der Waals surface area contributed by atoms with E-state index in [9.17, 15) is 4.39 Å². The number of nitrogens with zero attached hydrogens (tertiary/aromatic N) is 4. The Hall–Kier alpha value is -2.07. The molecule has 0 bridgehead atoms. The maximum atomic E-state index is 14.6. The second-order valence-electron chi connectivity index (χ2n) is 55.7. The van der Waals surface area contributed by atoms with Gasteiger partial charge < -0.3 is 103 Å². The third-order valence-corrected chi connectivity index (χ3v) is 28.2. The molecule has 0 aromatic carbocycles. The Bertz CT molecular complexity index is 3180. The number of halogens is 1. The number of ether oxygens (including phenoxy) is 12. The van der Waals surface area contributed by atoms with Gasteiger partial charge in [-0.2, -0.15) is 0 Å². The molecule has 1 spiro atoms. The average Bonchev–Trinajstić information content (AvgIpc) is 1.14. The summed E-state index contributed by atoms with van der Waals surface area (Å²) < 4.78 is 81.1. The first-order valence-electron chi connectivity index (χ1n) is 56.6. The summed E-state index contributed by atoms with van der Waals surface area (Å²) in [4.78, 5) is 9.27. The van der Waals surface area contributed by atoms with Crippen LogP contribution in [0.1, 0.15) is 376 Å². The first-order valence-corrected chi connectivity index (χ1v) is 56.6. The monoisotopic (exact) mass is 2020 g/mol. The van der Waals surface area contributed by atoms with E-state index in [4.69, 9.17) is 63.3 Å². The summed E-state index contributed by atoms with van der Waals surface area (Å²) in [6, 6.07) is 0.512. The highest BCUT2D eigenvalue weighted by Crippen LogP contribution is 2.45. The summed E-state index contributed by atoms with van der Waals surface area (Å²) in [5.74, 6) is 7.83. The van der Waals surface area contributed by atoms with Crippen molar-refractivity contribution < 1.29 is 61.2 Å². The highest BCUT2D eigenvalue weighted by molar-refractivity contribution is 5.06. The number of likely N-dealkylation sites (tertiary alicyclic amines) is 2. The highest BCUT2D eigenvalue weighted by Gasteiger charge is 2.43. The van der Waals surface area contributed by atoms with E-state index in [0.29, 0.717) is 62.2 Å². The number of piperidine rings is 2. The van der Waals surface area contributed by atoms with Crippen LogP contribution in [0, 0.1) is 64.1 Å². The minimum Gasteiger partial charge on any atom is -0.381 e. The molecule has 6 N–H and O–H groups in total. The molecule has 22 nitrogen and oxygen atoms in total. The molecule has 0 amide bonds. The second kappa shape index (κ2) is 64.8. The highest BCUT2D eigenvalue weighted by atomic mass is 19.1. The zero-order chi connectivity index (χ0) is 107. The number of terminal acetylenes is 1. The van der Waals surface area contributed by atoms with E-state index in [1.165, 1.54) is 153 Å². The van der Waals surface area contributed by atoms with E-state index < -0.39 is 5.67 Å². The summed E-state index contributed by atoms with van der Waals surface area (Å²) in [6.45, 7) is 107. The molecule has 4 aliphatic carbocycles. The van der Waals surface area contributed by atoms with Crippen LogP contribution in [0.15, 0.2) is 24.4 Å². The summed E-state index contributed by atoms with van der Waals surface area (Å²) in [6.07, 6.45) is 34.7. The molecular formula is C119H235FN10O12. The van der Waals surface area contributed by atoms with Gasteiger partial charge in [0.25, 0.3) is 0 Å². The van der Waals surface area contributed by atoms with Gasteiger partial charge in [0.2, 0.25) is 0 Å². The summed E-state index contributed by atoms with van der Waals surface area (Å²) in [5, 5.41) is 21.1. The van der Waals surface area contributed by atoms with Gasteiger partial charge in [0, 0.05) is 129 Å². The number of hydrogen-bond acceptors (Lipinski definition) is 22. The molecule has 5 atom stereocenters. The SMILES string of the molecule is C#CC1(C)CCC(CNC(C)(C)C)CC1.C=C(CN(C)C)N1CCOC(CNC(C)(C)C)C1.C=C1CCCC(COC(C)(C)C)C1.CC(C)(C)NCC1CCC2(CC1)COC2.CC(C)(C)NCC1CNCCO1.CC(C)(C)OCC1(F)CCN(C2CCOC2)CC1.CC(C)(C)OCC1CCOCC1.CC(C)(C)OCC1COCCO1.CC1(C)CCC(CNC(C)(C)C)CC1.CN1CCC(COC(C)(C)C)CC1. The van der Waals surface area contributed by atoms with Crippen LogP contribution >= 0.6 is 0 Å². The standard InChI is InChI=1S/C14H26FNO2.C14H29N3O.C14H25N.C13H25NO.C13H27N.C12H22O.C11H23NO.C10H20O2.C9H20N2O.C9H18O3/c1-13(2,3)18-11-14(15)5-7-16(8-6-14)12-4-9-17-10-12;1-12(10-16(5)6)17-7-8-18-13(11-17)9-15-14(2,3)4;1-6-14(5)9-7-12(8-10-14)11-15-13(2,3)4;1-12(2,3)14-8-11-4-6-13(7-5-11)9-15-10-13;1-12(2,3)14-10-11-6-8-13(4,5)9-7-11;1-10-6-5-7-11(8-10)9-13-12(2,3)4;1-11(2,3)13-9-10-5-7-12(4)8-6-10;1-10(2,3)12-8-9-4-6-11-7-5-9;1-9(2,3)11-7-8-6-10-4-5-12-8;1-9(2,3)12-7-8-6-10-4-5-11-8/h12H,4-11H2,1-3H3;13,15H,1,7-11H2,2-6H3;1,12,15H,7-11H2,2-5H3;11,14H,4-10H2,1-3H3;11,14H,6-10H2,1-5H3;11H,1,5-9H2,2-4H3;10H,5-9H2,1-4H3;9H,4-8H2,1-3H3;8,10-11H,4-7H2,1-3H3;8H,4-7H2,1-3H3. The van der Waals surface area contributed by atoms with E-state index >= 15 is 0 Å². The Labute approximate surface area is 876 Å². The van der Waals surface area contributed by atoms with Crippen molar-refractivity contribution in [3.63, 3.8) is 0 Å². The second-order valence-corrected chi connectivity index (χ2v) is 55.7. The number of rotatable bonds is 24. The van der Waals surface area contributed by atoms with E-state index in [1.807, 2.05) is 41.5 Å². The van der Waals surface area contributed by atoms with Crippen molar-refractivity contribution in [2.75, 3.05) is 218 Å². The van der Waals surface area contributed by atoms with Crippen molar-refractivity contribution in [1.82, 2.24) is 51.5 Å². The molecule has 12 rings (SSSR count). The molecule has 840 valence electrons. The summed E-state index contributed by atoms with van der Waals surface area (Å²) >= 11 is 0. The van der Waals surface area contributed by atoms with Crippen molar-refractivity contribution in [3.8, 4) is 12.3 Å². The molecular weight excluding hydrogens is 1780 g/mol. The number of hydrogen-bond donors (Lipinski definition) is 6. The molecule has 12 fully saturated rings.